The number of rotatable bonds is 3. The number of nitrogens with zero attached hydrogens (tertiary/aromatic N) is 3. The van der Waals surface area contributed by atoms with E-state index in [1.165, 1.54) is 18.3 Å². The van der Waals surface area contributed by atoms with E-state index >= 15 is 0 Å². The van der Waals surface area contributed by atoms with Crippen LogP contribution < -0.4 is 4.72 Å². The molecule has 0 amide bonds. The minimum atomic E-state index is -3.98. The van der Waals surface area contributed by atoms with Crippen LogP contribution >= 0.6 is 34.8 Å². The van der Waals surface area contributed by atoms with Gasteiger partial charge in [-0.25, -0.2) is 23.4 Å². The average molecular weight is 340 g/mol. The second-order valence-electron chi connectivity index (χ2n) is 3.23. The number of hydrogen-bond donors (Lipinski definition) is 1. The van der Waals surface area contributed by atoms with Crippen LogP contribution in [0.2, 0.25) is 15.5 Å². The molecule has 10 heteroatoms. The Morgan fingerprint density at radius 2 is 1.63 bits per heavy atom. The molecule has 0 aliphatic carbocycles. The standard InChI is InChI=1S/C9H5Cl3N4O2S/c10-7-5(2-1-3-13-7)19(17,18)16-6-8(11)14-4-15-9(6)12/h1-4,16H. The number of aromatic nitrogens is 3. The molecule has 0 bridgehead atoms. The predicted molar refractivity (Wildman–Crippen MR) is 72.1 cm³/mol. The van der Waals surface area contributed by atoms with E-state index in [0.29, 0.717) is 0 Å². The highest BCUT2D eigenvalue weighted by Gasteiger charge is 2.21. The van der Waals surface area contributed by atoms with Crippen LogP contribution in [0.5, 0.6) is 0 Å². The summed E-state index contributed by atoms with van der Waals surface area (Å²) in [4.78, 5) is 10.7. The lowest BCUT2D eigenvalue weighted by Crippen LogP contribution is -2.15. The monoisotopic (exact) mass is 338 g/mol. The largest absolute Gasteiger partial charge is 0.273 e. The molecular weight excluding hydrogens is 335 g/mol. The Morgan fingerprint density at radius 1 is 1.00 bits per heavy atom. The Labute approximate surface area is 123 Å². The van der Waals surface area contributed by atoms with Crippen molar-refractivity contribution in [3.63, 3.8) is 0 Å². The van der Waals surface area contributed by atoms with Gasteiger partial charge in [-0.2, -0.15) is 0 Å². The Morgan fingerprint density at radius 3 is 2.21 bits per heavy atom. The lowest BCUT2D eigenvalue weighted by Gasteiger charge is -2.10. The summed E-state index contributed by atoms with van der Waals surface area (Å²) >= 11 is 17.2. The molecule has 100 valence electrons. The van der Waals surface area contributed by atoms with Crippen molar-refractivity contribution < 1.29 is 8.42 Å². The van der Waals surface area contributed by atoms with Crippen LogP contribution in [0.25, 0.3) is 0 Å². The van der Waals surface area contributed by atoms with Crippen molar-refractivity contribution in [3.05, 3.63) is 40.1 Å². The zero-order valence-corrected chi connectivity index (χ0v) is 12.1. The highest BCUT2D eigenvalue weighted by atomic mass is 35.5. The molecule has 0 saturated carbocycles. The van der Waals surface area contributed by atoms with Gasteiger partial charge in [0.25, 0.3) is 10.0 Å². The Kier molecular flexibility index (Phi) is 4.10. The molecule has 2 aromatic heterocycles. The summed E-state index contributed by atoms with van der Waals surface area (Å²) in [6, 6.07) is 2.73. The molecule has 19 heavy (non-hydrogen) atoms. The molecular formula is C9H5Cl3N4O2S. The van der Waals surface area contributed by atoms with Gasteiger partial charge >= 0.3 is 0 Å². The van der Waals surface area contributed by atoms with Crippen LogP contribution in [0, 0.1) is 0 Å². The van der Waals surface area contributed by atoms with Crippen LogP contribution in [0.4, 0.5) is 5.69 Å². The summed E-state index contributed by atoms with van der Waals surface area (Å²) in [6.45, 7) is 0. The van der Waals surface area contributed by atoms with Gasteiger partial charge in [0.2, 0.25) is 0 Å². The number of pyridine rings is 1. The molecule has 0 aromatic carbocycles. The van der Waals surface area contributed by atoms with Crippen LogP contribution in [0.3, 0.4) is 0 Å². The Bertz CT molecular complexity index is 703. The summed E-state index contributed by atoms with van der Waals surface area (Å²) in [5.74, 6) is 0. The van der Waals surface area contributed by atoms with Gasteiger partial charge in [-0.1, -0.05) is 34.8 Å². The van der Waals surface area contributed by atoms with Gasteiger partial charge in [0.15, 0.2) is 10.3 Å². The van der Waals surface area contributed by atoms with Gasteiger partial charge in [-0.05, 0) is 12.1 Å². The van der Waals surface area contributed by atoms with Gasteiger partial charge in [-0.3, -0.25) is 4.72 Å². The quantitative estimate of drug-likeness (QED) is 0.686. The van der Waals surface area contributed by atoms with Crippen molar-refractivity contribution in [2.75, 3.05) is 4.72 Å². The molecule has 0 aliphatic rings. The van der Waals surface area contributed by atoms with Crippen molar-refractivity contribution >= 4 is 50.5 Å². The van der Waals surface area contributed by atoms with Crippen molar-refractivity contribution in [2.24, 2.45) is 0 Å². The van der Waals surface area contributed by atoms with Gasteiger partial charge in [0.05, 0.1) is 0 Å². The van der Waals surface area contributed by atoms with Crippen molar-refractivity contribution in [3.8, 4) is 0 Å². The lowest BCUT2D eigenvalue weighted by molar-refractivity contribution is 0.601. The number of sulfonamides is 1. The second kappa shape index (κ2) is 5.46. The van der Waals surface area contributed by atoms with Gasteiger partial charge < -0.3 is 0 Å². The maximum Gasteiger partial charge on any atom is 0.265 e. The third-order valence-corrected chi connectivity index (χ3v) is 4.37. The molecule has 0 radical (unpaired) electrons. The third kappa shape index (κ3) is 3.06. The smallest absolute Gasteiger partial charge is 0.265 e. The summed E-state index contributed by atoms with van der Waals surface area (Å²) < 4.78 is 26.4. The zero-order chi connectivity index (χ0) is 14.0. The molecule has 6 nitrogen and oxygen atoms in total. The van der Waals surface area contributed by atoms with E-state index in [1.54, 1.807) is 0 Å². The summed E-state index contributed by atoms with van der Waals surface area (Å²) in [7, 11) is -3.98. The topological polar surface area (TPSA) is 84.8 Å². The molecule has 0 aliphatic heterocycles. The Hall–Kier alpha value is -1.15. The molecule has 1 N–H and O–H groups in total. The second-order valence-corrected chi connectivity index (χ2v) is 5.95. The van der Waals surface area contributed by atoms with Crippen molar-refractivity contribution in [2.45, 2.75) is 4.90 Å². The normalized spacial score (nSPS) is 11.3. The first-order valence-corrected chi connectivity index (χ1v) is 7.33. The van der Waals surface area contributed by atoms with E-state index in [0.717, 1.165) is 6.33 Å². The molecule has 2 heterocycles. The molecule has 0 saturated heterocycles. The van der Waals surface area contributed by atoms with Gasteiger partial charge in [0.1, 0.15) is 22.1 Å². The summed E-state index contributed by atoms with van der Waals surface area (Å²) in [5.41, 5.74) is -0.120. The SMILES string of the molecule is O=S(=O)(Nc1c(Cl)ncnc1Cl)c1cccnc1Cl. The first-order chi connectivity index (χ1) is 8.92. The maximum absolute atomic E-state index is 12.1. The molecule has 2 aromatic rings. The number of anilines is 1. The minimum absolute atomic E-state index is 0.120. The summed E-state index contributed by atoms with van der Waals surface area (Å²) in [6.07, 6.45) is 2.48. The highest BCUT2D eigenvalue weighted by molar-refractivity contribution is 7.92. The number of hydrogen-bond acceptors (Lipinski definition) is 5. The van der Waals surface area contributed by atoms with E-state index in [-0.39, 0.29) is 26.0 Å². The van der Waals surface area contributed by atoms with Gasteiger partial charge in [-0.15, -0.1) is 0 Å². The fourth-order valence-corrected chi connectivity index (χ4v) is 3.24. The van der Waals surface area contributed by atoms with E-state index in [9.17, 15) is 8.42 Å². The van der Waals surface area contributed by atoms with E-state index in [4.69, 9.17) is 34.8 Å². The minimum Gasteiger partial charge on any atom is -0.273 e. The Balaban J connectivity index is 2.46. The van der Waals surface area contributed by atoms with E-state index in [1.807, 2.05) is 0 Å². The first kappa shape index (κ1) is 14.3. The molecule has 0 atom stereocenters. The number of nitrogens with one attached hydrogen (secondary N) is 1. The van der Waals surface area contributed by atoms with Crippen LogP contribution in [0.1, 0.15) is 0 Å². The third-order valence-electron chi connectivity index (χ3n) is 2.01. The number of halogens is 3. The molecule has 0 fully saturated rings. The molecule has 2 rings (SSSR count). The van der Waals surface area contributed by atoms with Crippen LogP contribution in [-0.4, -0.2) is 23.4 Å². The molecule has 0 spiro atoms. The van der Waals surface area contributed by atoms with Crippen LogP contribution in [-0.2, 0) is 10.0 Å². The van der Waals surface area contributed by atoms with Crippen LogP contribution in [0.15, 0.2) is 29.6 Å². The van der Waals surface area contributed by atoms with Gasteiger partial charge in [0, 0.05) is 6.20 Å². The van der Waals surface area contributed by atoms with E-state index < -0.39 is 10.0 Å². The fraction of sp³-hybridized carbons (Fsp3) is 0. The predicted octanol–water partition coefficient (Wildman–Crippen LogP) is 2.63. The molecule has 0 unspecified atom stereocenters. The van der Waals surface area contributed by atoms with Crippen molar-refractivity contribution in [1.82, 2.24) is 15.0 Å². The first-order valence-electron chi connectivity index (χ1n) is 4.71. The fourth-order valence-electron chi connectivity index (χ4n) is 1.19. The lowest BCUT2D eigenvalue weighted by atomic mass is 10.5. The highest BCUT2D eigenvalue weighted by Crippen LogP contribution is 2.29. The van der Waals surface area contributed by atoms with Crippen molar-refractivity contribution in [1.29, 1.82) is 0 Å². The zero-order valence-electron chi connectivity index (χ0n) is 9.01. The average Bonchev–Trinajstić information content (AvgIpc) is 2.34. The maximum atomic E-state index is 12.1. The summed E-state index contributed by atoms with van der Waals surface area (Å²) in [5, 5.41) is -0.411. The van der Waals surface area contributed by atoms with E-state index in [2.05, 4.69) is 19.7 Å².